The van der Waals surface area contributed by atoms with Crippen molar-refractivity contribution in [3.05, 3.63) is 42.2 Å². The molecule has 12 heteroatoms. The van der Waals surface area contributed by atoms with Crippen molar-refractivity contribution in [1.82, 2.24) is 20.9 Å². The number of carbonyl (C=O) groups is 4. The van der Waals surface area contributed by atoms with Gasteiger partial charge in [0, 0.05) is 30.3 Å². The van der Waals surface area contributed by atoms with Crippen LogP contribution in [0.25, 0.3) is 0 Å². The molecule has 202 valence electrons. The van der Waals surface area contributed by atoms with Crippen LogP contribution in [0.2, 0.25) is 0 Å². The summed E-state index contributed by atoms with van der Waals surface area (Å²) in [4.78, 5) is 56.4. The summed E-state index contributed by atoms with van der Waals surface area (Å²) in [6.07, 6.45) is 4.95. The minimum Gasteiger partial charge on any atom is -0.457 e. The molecule has 3 rings (SSSR count). The van der Waals surface area contributed by atoms with E-state index >= 15 is 0 Å². The minimum atomic E-state index is -1.20. The van der Waals surface area contributed by atoms with Gasteiger partial charge >= 0.3 is 5.97 Å². The number of nitrogens with zero attached hydrogens (tertiary/aromatic N) is 1. The van der Waals surface area contributed by atoms with Crippen LogP contribution in [-0.4, -0.2) is 75.6 Å². The Kier molecular flexibility index (Phi) is 11.3. The van der Waals surface area contributed by atoms with Crippen molar-refractivity contribution in [2.24, 2.45) is 5.92 Å². The summed E-state index contributed by atoms with van der Waals surface area (Å²) in [7, 11) is 3.01. The lowest BCUT2D eigenvalue weighted by molar-refractivity contribution is -0.151. The monoisotopic (exact) mass is 550 g/mol. The van der Waals surface area contributed by atoms with Crippen molar-refractivity contribution in [3.8, 4) is 0 Å². The van der Waals surface area contributed by atoms with Crippen LogP contribution in [0.1, 0.15) is 38.7 Å². The highest BCUT2D eigenvalue weighted by molar-refractivity contribution is 8.76. The third-order valence-corrected chi connectivity index (χ3v) is 8.42. The van der Waals surface area contributed by atoms with Gasteiger partial charge in [0.2, 0.25) is 17.7 Å². The summed E-state index contributed by atoms with van der Waals surface area (Å²) in [5, 5.41) is 19.1. The van der Waals surface area contributed by atoms with E-state index in [1.54, 1.807) is 41.4 Å². The highest BCUT2D eigenvalue weighted by Gasteiger charge is 2.33. The number of ether oxygens (including phenoxy) is 1. The van der Waals surface area contributed by atoms with Crippen LogP contribution in [0, 0.1) is 5.92 Å². The first-order chi connectivity index (χ1) is 17.7. The fourth-order valence-electron chi connectivity index (χ4n) is 4.03. The molecule has 0 aliphatic carbocycles. The average Bonchev–Trinajstić information content (AvgIpc) is 2.84. The second kappa shape index (κ2) is 14.4. The molecule has 0 saturated carbocycles. The molecule has 1 aromatic heterocycles. The van der Waals surface area contributed by atoms with E-state index in [0.29, 0.717) is 6.42 Å². The molecular weight excluding hydrogens is 516 g/mol. The Labute approximate surface area is 224 Å². The second-order valence-electron chi connectivity index (χ2n) is 9.35. The first-order valence-corrected chi connectivity index (χ1v) is 14.8. The zero-order valence-electron chi connectivity index (χ0n) is 20.9. The molecule has 2 aliphatic rings. The highest BCUT2D eigenvalue weighted by Crippen LogP contribution is 2.24. The van der Waals surface area contributed by atoms with Crippen molar-refractivity contribution in [3.63, 3.8) is 0 Å². The third-order valence-electron chi connectivity index (χ3n) is 5.97. The normalized spacial score (nSPS) is 29.6. The number of esters is 1. The Morgan fingerprint density at radius 2 is 1.92 bits per heavy atom. The van der Waals surface area contributed by atoms with Gasteiger partial charge in [-0.2, -0.15) is 0 Å². The largest absolute Gasteiger partial charge is 0.457 e. The molecule has 1 unspecified atom stereocenters. The molecule has 2 bridgehead atoms. The van der Waals surface area contributed by atoms with E-state index < -0.39 is 54.0 Å². The number of carbonyl (C=O) groups excluding carboxylic acids is 4. The molecule has 2 aliphatic heterocycles. The van der Waals surface area contributed by atoms with Gasteiger partial charge in [-0.25, -0.2) is 0 Å². The van der Waals surface area contributed by atoms with Crippen LogP contribution < -0.4 is 16.0 Å². The number of allylic oxidation sites excluding steroid dienone is 1. The Balaban J connectivity index is 1.98. The van der Waals surface area contributed by atoms with E-state index in [2.05, 4.69) is 20.9 Å². The number of pyridine rings is 1. The summed E-state index contributed by atoms with van der Waals surface area (Å²) < 4.78 is 5.54. The lowest BCUT2D eigenvalue weighted by Gasteiger charge is -2.29. The number of hydrogen-bond donors (Lipinski definition) is 4. The van der Waals surface area contributed by atoms with E-state index in [1.807, 2.05) is 19.9 Å². The van der Waals surface area contributed by atoms with Crippen molar-refractivity contribution in [2.45, 2.75) is 69.9 Å². The van der Waals surface area contributed by atoms with Crippen LogP contribution in [0.5, 0.6) is 0 Å². The number of hydrogen-bond acceptors (Lipinski definition) is 9. The summed E-state index contributed by atoms with van der Waals surface area (Å²) in [6.45, 7) is 3.64. The summed E-state index contributed by atoms with van der Waals surface area (Å²) >= 11 is 0. The third kappa shape index (κ3) is 9.35. The maximum atomic E-state index is 13.4. The standard InChI is InChI=1S/C25H34N4O6S2/c1-15(2)23-20(30)12-22(32)35-17-7-3-4-9-36-37-14-19(25(34)29-23)28-24(33)18(27-21(31)11-17)10-16-6-5-8-26-13-16/h3,5-8,13,15,17-20,23,30H,4,9-12,14H2,1-2H3,(H,27,31)(H,28,33)(H,29,34)/b7-3+/t17?,18-,19-,20+,23-/m1/s1. The number of rotatable bonds is 3. The van der Waals surface area contributed by atoms with Gasteiger partial charge in [-0.05, 0) is 30.0 Å². The van der Waals surface area contributed by atoms with Crippen molar-refractivity contribution >= 4 is 45.3 Å². The Hall–Kier alpha value is -2.57. The molecule has 4 N–H and O–H groups in total. The van der Waals surface area contributed by atoms with Crippen molar-refractivity contribution < 1.29 is 29.0 Å². The van der Waals surface area contributed by atoms with Gasteiger partial charge in [-0.1, -0.05) is 47.6 Å². The fourth-order valence-corrected chi connectivity index (χ4v) is 6.19. The Bertz CT molecular complexity index is 977. The van der Waals surface area contributed by atoms with Crippen LogP contribution in [0.4, 0.5) is 0 Å². The molecule has 10 nitrogen and oxygen atoms in total. The Morgan fingerprint density at radius 1 is 1.11 bits per heavy atom. The molecular formula is C25H34N4O6S2. The van der Waals surface area contributed by atoms with E-state index in [9.17, 15) is 24.3 Å². The average molecular weight is 551 g/mol. The molecule has 37 heavy (non-hydrogen) atoms. The van der Waals surface area contributed by atoms with Gasteiger partial charge in [0.15, 0.2) is 0 Å². The van der Waals surface area contributed by atoms with Crippen LogP contribution in [0.3, 0.4) is 0 Å². The van der Waals surface area contributed by atoms with Gasteiger partial charge in [0.05, 0.1) is 25.0 Å². The van der Waals surface area contributed by atoms with Crippen LogP contribution in [0.15, 0.2) is 36.7 Å². The number of nitrogens with one attached hydrogen (secondary N) is 3. The molecule has 0 radical (unpaired) electrons. The zero-order chi connectivity index (χ0) is 26.8. The molecule has 5 atom stereocenters. The number of amides is 3. The van der Waals surface area contributed by atoms with E-state index in [1.165, 1.54) is 10.8 Å². The van der Waals surface area contributed by atoms with Crippen molar-refractivity contribution in [1.29, 1.82) is 0 Å². The van der Waals surface area contributed by atoms with Gasteiger partial charge < -0.3 is 25.8 Å². The van der Waals surface area contributed by atoms with E-state index in [0.717, 1.165) is 11.3 Å². The molecule has 1 aromatic rings. The molecule has 3 heterocycles. The van der Waals surface area contributed by atoms with Gasteiger partial charge in [0.25, 0.3) is 0 Å². The SMILES string of the molecule is CC(C)[C@H]1NC(=O)[C@H]2CSSCC/C=C/C(CC(=O)N[C@H](Cc3cccnc3)C(=O)N2)OC(=O)C[C@@H]1O. The molecule has 1 saturated heterocycles. The highest BCUT2D eigenvalue weighted by atomic mass is 33.1. The fraction of sp³-hybridized carbons (Fsp3) is 0.560. The smallest absolute Gasteiger partial charge is 0.309 e. The molecule has 0 aromatic carbocycles. The topological polar surface area (TPSA) is 147 Å². The van der Waals surface area contributed by atoms with Gasteiger partial charge in [-0.15, -0.1) is 0 Å². The maximum absolute atomic E-state index is 13.4. The lowest BCUT2D eigenvalue weighted by Crippen LogP contribution is -2.58. The second-order valence-corrected chi connectivity index (χ2v) is 12.0. The number of fused-ring (bicyclic) bond motifs is 7. The van der Waals surface area contributed by atoms with Gasteiger partial charge in [0.1, 0.15) is 18.2 Å². The number of aromatic nitrogens is 1. The first kappa shape index (κ1) is 29.0. The predicted octanol–water partition coefficient (Wildman–Crippen LogP) is 1.14. The van der Waals surface area contributed by atoms with E-state index in [4.69, 9.17) is 4.74 Å². The summed E-state index contributed by atoms with van der Waals surface area (Å²) in [5.41, 5.74) is 0.732. The Morgan fingerprint density at radius 3 is 2.65 bits per heavy atom. The first-order valence-electron chi connectivity index (χ1n) is 12.3. The summed E-state index contributed by atoms with van der Waals surface area (Å²) in [5.74, 6) is -1.34. The molecule has 0 spiro atoms. The quantitative estimate of drug-likeness (QED) is 0.247. The van der Waals surface area contributed by atoms with Crippen LogP contribution >= 0.6 is 21.6 Å². The van der Waals surface area contributed by atoms with E-state index in [-0.39, 0.29) is 30.9 Å². The van der Waals surface area contributed by atoms with Gasteiger partial charge in [-0.3, -0.25) is 24.2 Å². The predicted molar refractivity (Wildman–Crippen MR) is 142 cm³/mol. The molecule has 1 fully saturated rings. The maximum Gasteiger partial charge on any atom is 0.309 e. The molecule has 3 amide bonds. The number of aliphatic hydroxyl groups is 1. The minimum absolute atomic E-state index is 0.162. The summed E-state index contributed by atoms with van der Waals surface area (Å²) in [6, 6.07) is 0.890. The van der Waals surface area contributed by atoms with Crippen molar-refractivity contribution in [2.75, 3.05) is 11.5 Å². The lowest BCUT2D eigenvalue weighted by atomic mass is 9.96. The van der Waals surface area contributed by atoms with Crippen LogP contribution in [-0.2, 0) is 30.3 Å². The zero-order valence-corrected chi connectivity index (χ0v) is 22.6. The number of aliphatic hydroxyl groups excluding tert-OH is 1.